The molecule has 0 amide bonds. The summed E-state index contributed by atoms with van der Waals surface area (Å²) in [6, 6.07) is 0.310. The first-order chi connectivity index (χ1) is 8.43. The van der Waals surface area contributed by atoms with E-state index < -0.39 is 11.2 Å². The van der Waals surface area contributed by atoms with Crippen LogP contribution in [0, 0.1) is 6.92 Å². The lowest BCUT2D eigenvalue weighted by Crippen LogP contribution is -2.56. The van der Waals surface area contributed by atoms with Gasteiger partial charge in [0.05, 0.1) is 5.56 Å². The summed E-state index contributed by atoms with van der Waals surface area (Å²) in [6.07, 6.45) is 3.04. The number of piperidine rings is 1. The molecule has 2 atom stereocenters. The first-order valence-corrected chi connectivity index (χ1v) is 6.27. The second kappa shape index (κ2) is 4.51. The Bertz CT molecular complexity index is 551. The Morgan fingerprint density at radius 3 is 2.33 bits per heavy atom. The van der Waals surface area contributed by atoms with Crippen LogP contribution in [0.5, 0.6) is 5.88 Å². The Kier molecular flexibility index (Phi) is 3.19. The Morgan fingerprint density at radius 1 is 1.22 bits per heavy atom. The highest BCUT2D eigenvalue weighted by Crippen LogP contribution is 2.23. The van der Waals surface area contributed by atoms with Crippen molar-refractivity contribution >= 4 is 0 Å². The molecule has 0 aliphatic carbocycles. The number of hydrogen-bond acceptors (Lipinski definition) is 4. The zero-order chi connectivity index (χ0) is 13.4. The smallest absolute Gasteiger partial charge is 0.350 e. The largest absolute Gasteiger partial charge is 0.493 e. The third kappa shape index (κ3) is 1.91. The third-order valence-corrected chi connectivity index (χ3v) is 3.67. The van der Waals surface area contributed by atoms with Crippen molar-refractivity contribution in [1.82, 2.24) is 9.66 Å². The molecule has 18 heavy (non-hydrogen) atoms. The van der Waals surface area contributed by atoms with Crippen LogP contribution < -0.4 is 16.3 Å². The minimum Gasteiger partial charge on any atom is -0.493 e. The van der Waals surface area contributed by atoms with Gasteiger partial charge in [-0.2, -0.15) is 4.68 Å². The Morgan fingerprint density at radius 2 is 1.78 bits per heavy atom. The molecule has 2 N–H and O–H groups in total. The van der Waals surface area contributed by atoms with Crippen LogP contribution in [0.2, 0.25) is 0 Å². The quantitative estimate of drug-likeness (QED) is 0.761. The molecule has 0 radical (unpaired) electrons. The number of aromatic amines is 1. The molecule has 2 rings (SSSR count). The van der Waals surface area contributed by atoms with Crippen LogP contribution in [-0.2, 0) is 0 Å². The second-order valence-electron chi connectivity index (χ2n) is 5.03. The van der Waals surface area contributed by atoms with Crippen LogP contribution >= 0.6 is 0 Å². The van der Waals surface area contributed by atoms with Gasteiger partial charge in [-0.1, -0.05) is 0 Å². The minimum absolute atomic E-state index is 0.155. The topological polar surface area (TPSA) is 78.3 Å². The van der Waals surface area contributed by atoms with Crippen molar-refractivity contribution in [3.63, 3.8) is 0 Å². The fourth-order valence-electron chi connectivity index (χ4n) is 2.62. The molecule has 1 aromatic heterocycles. The van der Waals surface area contributed by atoms with E-state index >= 15 is 0 Å². The molecule has 2 heterocycles. The second-order valence-corrected chi connectivity index (χ2v) is 5.03. The van der Waals surface area contributed by atoms with Crippen molar-refractivity contribution < 1.29 is 5.11 Å². The van der Waals surface area contributed by atoms with Gasteiger partial charge in [-0.3, -0.25) is 9.78 Å². The normalized spacial score (nSPS) is 24.3. The fourth-order valence-corrected chi connectivity index (χ4v) is 2.62. The molecule has 1 aliphatic rings. The maximum atomic E-state index is 11.9. The third-order valence-electron chi connectivity index (χ3n) is 3.67. The Labute approximate surface area is 105 Å². The van der Waals surface area contributed by atoms with Gasteiger partial charge in [-0.05, 0) is 40.0 Å². The van der Waals surface area contributed by atoms with Crippen LogP contribution in [-0.4, -0.2) is 26.9 Å². The van der Waals surface area contributed by atoms with Gasteiger partial charge in [-0.25, -0.2) is 4.79 Å². The molecule has 6 nitrogen and oxygen atoms in total. The van der Waals surface area contributed by atoms with Gasteiger partial charge in [0.15, 0.2) is 0 Å². The lowest BCUT2D eigenvalue weighted by atomic mass is 10.00. The maximum Gasteiger partial charge on any atom is 0.350 e. The molecular weight excluding hydrogens is 234 g/mol. The molecule has 1 fully saturated rings. The number of aromatic nitrogens is 2. The lowest BCUT2D eigenvalue weighted by Gasteiger charge is -2.41. The van der Waals surface area contributed by atoms with Crippen molar-refractivity contribution in [2.45, 2.75) is 52.1 Å². The SMILES string of the molecule is Cc1c(O)n(N2C(C)CCCC2C)c(=O)[nH]c1=O. The van der Waals surface area contributed by atoms with E-state index in [1.54, 1.807) is 0 Å². The number of nitrogens with one attached hydrogen (secondary N) is 1. The number of rotatable bonds is 1. The molecular formula is C12H19N3O3. The monoisotopic (exact) mass is 253 g/mol. The van der Waals surface area contributed by atoms with Crippen molar-refractivity contribution in [3.05, 3.63) is 26.4 Å². The number of aromatic hydroxyl groups is 1. The summed E-state index contributed by atoms with van der Waals surface area (Å²) < 4.78 is 1.20. The predicted molar refractivity (Wildman–Crippen MR) is 68.7 cm³/mol. The molecule has 100 valence electrons. The molecule has 1 saturated heterocycles. The van der Waals surface area contributed by atoms with Gasteiger partial charge in [0.1, 0.15) is 0 Å². The van der Waals surface area contributed by atoms with Crippen LogP contribution in [0.1, 0.15) is 38.7 Å². The Balaban J connectivity index is 2.60. The number of nitrogens with zero attached hydrogens (tertiary/aromatic N) is 2. The van der Waals surface area contributed by atoms with Gasteiger partial charge >= 0.3 is 5.69 Å². The number of H-pyrrole nitrogens is 1. The first-order valence-electron chi connectivity index (χ1n) is 6.27. The highest BCUT2D eigenvalue weighted by Gasteiger charge is 2.28. The maximum absolute atomic E-state index is 11.9. The number of hydrogen-bond donors (Lipinski definition) is 2. The van der Waals surface area contributed by atoms with E-state index in [1.165, 1.54) is 11.6 Å². The fraction of sp³-hybridized carbons (Fsp3) is 0.667. The van der Waals surface area contributed by atoms with Crippen molar-refractivity contribution in [1.29, 1.82) is 0 Å². The average molecular weight is 253 g/mol. The van der Waals surface area contributed by atoms with E-state index in [0.717, 1.165) is 19.3 Å². The molecule has 1 aliphatic heterocycles. The summed E-state index contributed by atoms with van der Waals surface area (Å²) in [4.78, 5) is 25.6. The zero-order valence-corrected chi connectivity index (χ0v) is 10.9. The van der Waals surface area contributed by atoms with Crippen LogP contribution in [0.15, 0.2) is 9.59 Å². The summed E-state index contributed by atoms with van der Waals surface area (Å²) in [5.74, 6) is -0.260. The molecule has 0 bridgehead atoms. The van der Waals surface area contributed by atoms with E-state index in [-0.39, 0.29) is 23.5 Å². The van der Waals surface area contributed by atoms with Crippen molar-refractivity contribution in [3.8, 4) is 5.88 Å². The summed E-state index contributed by atoms with van der Waals surface area (Å²) >= 11 is 0. The van der Waals surface area contributed by atoms with Crippen LogP contribution in [0.3, 0.4) is 0 Å². The van der Waals surface area contributed by atoms with E-state index in [9.17, 15) is 14.7 Å². The summed E-state index contributed by atoms with van der Waals surface area (Å²) in [5, 5.41) is 11.9. The summed E-state index contributed by atoms with van der Waals surface area (Å²) in [7, 11) is 0. The zero-order valence-electron chi connectivity index (χ0n) is 10.9. The highest BCUT2D eigenvalue weighted by atomic mass is 16.3. The van der Waals surface area contributed by atoms with Crippen molar-refractivity contribution in [2.75, 3.05) is 5.01 Å². The summed E-state index contributed by atoms with van der Waals surface area (Å²) in [6.45, 7) is 5.54. The molecule has 0 spiro atoms. The van der Waals surface area contributed by atoms with E-state index in [4.69, 9.17) is 0 Å². The van der Waals surface area contributed by atoms with Crippen molar-refractivity contribution in [2.24, 2.45) is 0 Å². The predicted octanol–water partition coefficient (Wildman–Crippen LogP) is 0.450. The van der Waals surface area contributed by atoms with Gasteiger partial charge < -0.3 is 10.1 Å². The highest BCUT2D eigenvalue weighted by molar-refractivity contribution is 5.23. The average Bonchev–Trinajstić information content (AvgIpc) is 2.30. The van der Waals surface area contributed by atoms with Gasteiger partial charge in [-0.15, -0.1) is 0 Å². The minimum atomic E-state index is -0.580. The van der Waals surface area contributed by atoms with E-state index in [0.29, 0.717) is 0 Å². The van der Waals surface area contributed by atoms with E-state index in [1.807, 2.05) is 18.9 Å². The molecule has 0 saturated carbocycles. The lowest BCUT2D eigenvalue weighted by molar-refractivity contribution is 0.293. The van der Waals surface area contributed by atoms with Gasteiger partial charge in [0.25, 0.3) is 5.56 Å². The standard InChI is InChI=1S/C12H19N3O3/c1-7-5-4-6-8(2)14(7)15-11(17)9(3)10(16)13-12(15)18/h7-8,17H,4-6H2,1-3H3,(H,13,16,18). The Hall–Kier alpha value is -1.72. The van der Waals surface area contributed by atoms with Crippen LogP contribution in [0.25, 0.3) is 0 Å². The molecule has 2 unspecified atom stereocenters. The molecule has 6 heteroatoms. The van der Waals surface area contributed by atoms with Crippen LogP contribution in [0.4, 0.5) is 0 Å². The summed E-state index contributed by atoms with van der Waals surface area (Å²) in [5.41, 5.74) is -0.950. The first kappa shape index (κ1) is 12.7. The van der Waals surface area contributed by atoms with Gasteiger partial charge in [0.2, 0.25) is 5.88 Å². The van der Waals surface area contributed by atoms with Gasteiger partial charge in [0, 0.05) is 12.1 Å². The molecule has 1 aromatic rings. The molecule has 0 aromatic carbocycles. The van der Waals surface area contributed by atoms with E-state index in [2.05, 4.69) is 4.98 Å².